The molecule has 0 spiro atoms. The molecular formula is C5H11CoNaO5. The SMILES string of the molecule is CC(=O)CC(C)=O.[Co+2].[Na+].[OH-].[OH-].[OH-]. The van der Waals surface area contributed by atoms with Crippen molar-refractivity contribution in [2.45, 2.75) is 20.3 Å². The molecule has 0 amide bonds. The van der Waals surface area contributed by atoms with Gasteiger partial charge in [0.2, 0.25) is 0 Å². The van der Waals surface area contributed by atoms with Crippen LogP contribution in [0.2, 0.25) is 0 Å². The average molecular weight is 233 g/mol. The van der Waals surface area contributed by atoms with Crippen molar-refractivity contribution in [3.8, 4) is 0 Å². The molecule has 0 heterocycles. The maximum Gasteiger partial charge on any atom is 2.00 e. The zero-order valence-electron chi connectivity index (χ0n) is 7.20. The van der Waals surface area contributed by atoms with Crippen molar-refractivity contribution in [1.82, 2.24) is 0 Å². The Kier molecular flexibility index (Phi) is 72.8. The van der Waals surface area contributed by atoms with Gasteiger partial charge in [0, 0.05) is 0 Å². The molecule has 0 saturated heterocycles. The summed E-state index contributed by atoms with van der Waals surface area (Å²) in [6.07, 6.45) is 0.0833. The van der Waals surface area contributed by atoms with Crippen LogP contribution in [0.3, 0.4) is 0 Å². The van der Waals surface area contributed by atoms with Crippen molar-refractivity contribution >= 4 is 11.6 Å². The van der Waals surface area contributed by atoms with E-state index in [-0.39, 0.29) is 80.8 Å². The monoisotopic (exact) mass is 233 g/mol. The molecule has 1 radical (unpaired) electrons. The van der Waals surface area contributed by atoms with Gasteiger partial charge in [0.15, 0.2) is 0 Å². The van der Waals surface area contributed by atoms with Gasteiger partial charge in [-0.05, 0) is 13.8 Å². The third-order valence-electron chi connectivity index (χ3n) is 0.498. The fraction of sp³-hybridized carbons (Fsp3) is 0.600. The smallest absolute Gasteiger partial charge is 0.870 e. The summed E-state index contributed by atoms with van der Waals surface area (Å²) in [6, 6.07) is 0. The average Bonchev–Trinajstić information content (AvgIpc) is 1.27. The van der Waals surface area contributed by atoms with Gasteiger partial charge < -0.3 is 16.4 Å². The van der Waals surface area contributed by atoms with E-state index in [1.807, 2.05) is 0 Å². The Labute approximate surface area is 104 Å². The first-order chi connectivity index (χ1) is 3.13. The first kappa shape index (κ1) is 38.7. The van der Waals surface area contributed by atoms with E-state index >= 15 is 0 Å². The normalized spacial score (nSPS) is 4.83. The second-order valence-electron chi connectivity index (χ2n) is 1.58. The summed E-state index contributed by atoms with van der Waals surface area (Å²) in [5.41, 5.74) is 0. The molecule has 0 saturated carbocycles. The molecule has 0 bridgehead atoms. The summed E-state index contributed by atoms with van der Waals surface area (Å²) in [5, 5.41) is 0. The zero-order valence-corrected chi connectivity index (χ0v) is 10.2. The minimum absolute atomic E-state index is 0. The summed E-state index contributed by atoms with van der Waals surface area (Å²) >= 11 is 0. The largest absolute Gasteiger partial charge is 2.00 e. The Morgan fingerprint density at radius 3 is 1.08 bits per heavy atom. The van der Waals surface area contributed by atoms with Gasteiger partial charge >= 0.3 is 46.3 Å². The van der Waals surface area contributed by atoms with Crippen LogP contribution in [-0.4, -0.2) is 28.0 Å². The Morgan fingerprint density at radius 1 is 0.917 bits per heavy atom. The number of hydrogen-bond acceptors (Lipinski definition) is 5. The Morgan fingerprint density at radius 2 is 1.08 bits per heavy atom. The van der Waals surface area contributed by atoms with Crippen LogP contribution in [0.1, 0.15) is 20.3 Å². The van der Waals surface area contributed by atoms with E-state index in [9.17, 15) is 9.59 Å². The predicted octanol–water partition coefficient (Wildman–Crippen LogP) is -2.97. The van der Waals surface area contributed by atoms with E-state index in [1.165, 1.54) is 13.8 Å². The second-order valence-corrected chi connectivity index (χ2v) is 1.58. The predicted molar refractivity (Wildman–Crippen MR) is 31.8 cm³/mol. The molecule has 0 aromatic heterocycles. The van der Waals surface area contributed by atoms with E-state index in [1.54, 1.807) is 0 Å². The molecule has 7 heteroatoms. The molecule has 0 rings (SSSR count). The fourth-order valence-electron chi connectivity index (χ4n) is 0.351. The number of rotatable bonds is 2. The summed E-state index contributed by atoms with van der Waals surface area (Å²) in [7, 11) is 0. The van der Waals surface area contributed by atoms with Crippen LogP contribution in [0.4, 0.5) is 0 Å². The first-order valence-electron chi connectivity index (χ1n) is 2.12. The van der Waals surface area contributed by atoms with E-state index in [0.29, 0.717) is 0 Å². The molecule has 0 aromatic rings. The number of carbonyl (C=O) groups is 2. The van der Waals surface area contributed by atoms with Gasteiger partial charge in [-0.25, -0.2) is 0 Å². The molecule has 3 N–H and O–H groups in total. The van der Waals surface area contributed by atoms with Gasteiger partial charge in [-0.2, -0.15) is 0 Å². The number of carbonyl (C=O) groups excluding carboxylic acids is 2. The molecular weight excluding hydrogens is 222 g/mol. The quantitative estimate of drug-likeness (QED) is 0.372. The fourth-order valence-corrected chi connectivity index (χ4v) is 0.351. The molecule has 5 nitrogen and oxygen atoms in total. The third kappa shape index (κ3) is 45.4. The van der Waals surface area contributed by atoms with Gasteiger partial charge in [-0.15, -0.1) is 0 Å². The van der Waals surface area contributed by atoms with Crippen LogP contribution >= 0.6 is 0 Å². The van der Waals surface area contributed by atoms with Crippen LogP contribution in [0.25, 0.3) is 0 Å². The van der Waals surface area contributed by atoms with Crippen molar-refractivity contribution in [3.05, 3.63) is 0 Å². The van der Waals surface area contributed by atoms with E-state index in [2.05, 4.69) is 0 Å². The second kappa shape index (κ2) is 22.6. The summed E-state index contributed by atoms with van der Waals surface area (Å²) in [5.74, 6) is -0.125. The topological polar surface area (TPSA) is 124 Å². The van der Waals surface area contributed by atoms with E-state index in [4.69, 9.17) is 0 Å². The van der Waals surface area contributed by atoms with Gasteiger partial charge in [-0.3, -0.25) is 9.59 Å². The Balaban J connectivity index is -0.0000000180. The van der Waals surface area contributed by atoms with Crippen molar-refractivity contribution in [3.63, 3.8) is 0 Å². The molecule has 0 aliphatic carbocycles. The van der Waals surface area contributed by atoms with Crippen LogP contribution in [0.5, 0.6) is 0 Å². The van der Waals surface area contributed by atoms with Crippen molar-refractivity contribution in [1.29, 1.82) is 0 Å². The van der Waals surface area contributed by atoms with Crippen molar-refractivity contribution < 1.29 is 72.4 Å². The molecule has 12 heavy (non-hydrogen) atoms. The molecule has 0 aliphatic heterocycles. The third-order valence-corrected chi connectivity index (χ3v) is 0.498. The molecule has 71 valence electrons. The first-order valence-corrected chi connectivity index (χ1v) is 2.12. The number of ketones is 2. The van der Waals surface area contributed by atoms with E-state index in [0.717, 1.165) is 0 Å². The number of hydrogen-bond donors (Lipinski definition) is 0. The zero-order chi connectivity index (χ0) is 5.86. The standard InChI is InChI=1S/C5H8O2.Co.Na.3H2O/c1-4(6)3-5(2)7;;;;;/h3H2,1-2H3;;;3*1H2/q;+2;+1;;;/p-3. The summed E-state index contributed by atoms with van der Waals surface area (Å²) < 4.78 is 0. The Hall–Kier alpha value is 0.726. The Bertz CT molecular complexity index is 96.0. The van der Waals surface area contributed by atoms with Crippen LogP contribution < -0.4 is 29.6 Å². The molecule has 0 fully saturated rings. The van der Waals surface area contributed by atoms with Crippen LogP contribution in [-0.2, 0) is 26.4 Å². The minimum atomic E-state index is -0.0625. The maximum atomic E-state index is 10.0. The van der Waals surface area contributed by atoms with Crippen molar-refractivity contribution in [2.75, 3.05) is 0 Å². The van der Waals surface area contributed by atoms with Crippen LogP contribution in [0, 0.1) is 0 Å². The van der Waals surface area contributed by atoms with Gasteiger partial charge in [0.05, 0.1) is 6.42 Å². The number of Topliss-reactive ketones (excluding diaryl/α,β-unsaturated/α-hetero) is 2. The summed E-state index contributed by atoms with van der Waals surface area (Å²) in [6.45, 7) is 2.81. The molecule has 0 unspecified atom stereocenters. The molecule has 0 aromatic carbocycles. The van der Waals surface area contributed by atoms with E-state index < -0.39 is 0 Å². The van der Waals surface area contributed by atoms with Crippen molar-refractivity contribution in [2.24, 2.45) is 0 Å². The van der Waals surface area contributed by atoms with Crippen LogP contribution in [0.15, 0.2) is 0 Å². The van der Waals surface area contributed by atoms with Gasteiger partial charge in [-0.1, -0.05) is 0 Å². The van der Waals surface area contributed by atoms with Gasteiger partial charge in [0.1, 0.15) is 11.6 Å². The summed E-state index contributed by atoms with van der Waals surface area (Å²) in [4.78, 5) is 20.1. The van der Waals surface area contributed by atoms with Gasteiger partial charge in [0.25, 0.3) is 0 Å². The molecule has 0 atom stereocenters. The maximum absolute atomic E-state index is 10.0. The minimum Gasteiger partial charge on any atom is -0.870 e. The molecule has 0 aliphatic rings.